The maximum atomic E-state index is 10.8. The number of amides is 2. The summed E-state index contributed by atoms with van der Waals surface area (Å²) < 4.78 is 20.8. The minimum Gasteiger partial charge on any atom is -0.442 e. The third-order valence-corrected chi connectivity index (χ3v) is 3.43. The minimum absolute atomic E-state index is 0.153. The van der Waals surface area contributed by atoms with Crippen molar-refractivity contribution in [1.29, 1.82) is 0 Å². The van der Waals surface area contributed by atoms with Crippen LogP contribution in [0.3, 0.4) is 0 Å². The van der Waals surface area contributed by atoms with Crippen molar-refractivity contribution in [3.63, 3.8) is 0 Å². The Balaban J connectivity index is 1.30. The van der Waals surface area contributed by atoms with E-state index < -0.39 is 0 Å². The van der Waals surface area contributed by atoms with Gasteiger partial charge in [0.1, 0.15) is 12.2 Å². The fourth-order valence-electron chi connectivity index (χ4n) is 2.24. The molecule has 8 nitrogen and oxygen atoms in total. The van der Waals surface area contributed by atoms with Crippen LogP contribution < -0.4 is 10.6 Å². The molecule has 0 bridgehead atoms. The third-order valence-electron chi connectivity index (χ3n) is 3.43. The quantitative estimate of drug-likeness (QED) is 0.547. The van der Waals surface area contributed by atoms with Crippen LogP contribution in [0, 0.1) is 0 Å². The highest BCUT2D eigenvalue weighted by Crippen LogP contribution is 2.05. The van der Waals surface area contributed by atoms with Crippen molar-refractivity contribution in [3.05, 3.63) is 0 Å². The number of rotatable bonds is 11. The largest absolute Gasteiger partial charge is 0.442 e. The zero-order valence-corrected chi connectivity index (χ0v) is 12.7. The Morgan fingerprint density at radius 1 is 0.818 bits per heavy atom. The molecule has 126 valence electrons. The van der Waals surface area contributed by atoms with Gasteiger partial charge in [-0.15, -0.1) is 0 Å². The Kier molecular flexibility index (Phi) is 7.24. The van der Waals surface area contributed by atoms with Gasteiger partial charge in [0.2, 0.25) is 0 Å². The van der Waals surface area contributed by atoms with E-state index in [0.29, 0.717) is 39.5 Å². The van der Waals surface area contributed by atoms with Crippen LogP contribution in [0.2, 0.25) is 0 Å². The normalized spacial score (nSPS) is 23.8. The first-order valence-corrected chi connectivity index (χ1v) is 7.78. The maximum Gasteiger partial charge on any atom is 0.407 e. The van der Waals surface area contributed by atoms with Crippen LogP contribution in [0.5, 0.6) is 0 Å². The van der Waals surface area contributed by atoms with Gasteiger partial charge in [-0.25, -0.2) is 9.59 Å². The standard InChI is InChI=1S/C14H24N2O6/c17-13-15-7-11(21-13)9-19-5-3-1-2-4-6-20-10-12-8-16-14(18)22-12/h11-12H,1-10H2,(H,15,17)(H,16,18). The molecule has 2 N–H and O–H groups in total. The second-order valence-electron chi connectivity index (χ2n) is 5.38. The molecule has 2 unspecified atom stereocenters. The smallest absolute Gasteiger partial charge is 0.407 e. The average molecular weight is 316 g/mol. The number of nitrogens with one attached hydrogen (secondary N) is 2. The molecular weight excluding hydrogens is 292 g/mol. The van der Waals surface area contributed by atoms with E-state index in [1.807, 2.05) is 0 Å². The first-order chi connectivity index (χ1) is 10.7. The fraction of sp³-hybridized carbons (Fsp3) is 0.857. The van der Waals surface area contributed by atoms with Crippen molar-refractivity contribution in [3.8, 4) is 0 Å². The second kappa shape index (κ2) is 9.47. The Morgan fingerprint density at radius 3 is 1.64 bits per heavy atom. The molecule has 2 heterocycles. The molecule has 0 saturated carbocycles. The zero-order valence-electron chi connectivity index (χ0n) is 12.7. The fourth-order valence-corrected chi connectivity index (χ4v) is 2.24. The van der Waals surface area contributed by atoms with Crippen LogP contribution >= 0.6 is 0 Å². The number of unbranched alkanes of at least 4 members (excludes halogenated alkanes) is 3. The van der Waals surface area contributed by atoms with E-state index in [1.165, 1.54) is 0 Å². The van der Waals surface area contributed by atoms with Gasteiger partial charge in [-0.3, -0.25) is 0 Å². The van der Waals surface area contributed by atoms with E-state index in [-0.39, 0.29) is 24.4 Å². The zero-order chi connectivity index (χ0) is 15.6. The third kappa shape index (κ3) is 6.48. The summed E-state index contributed by atoms with van der Waals surface area (Å²) in [5.74, 6) is 0. The first kappa shape index (κ1) is 16.8. The lowest BCUT2D eigenvalue weighted by atomic mass is 10.2. The summed E-state index contributed by atoms with van der Waals surface area (Å²) in [5, 5.41) is 5.17. The van der Waals surface area contributed by atoms with Crippen molar-refractivity contribution in [2.24, 2.45) is 0 Å². The summed E-state index contributed by atoms with van der Waals surface area (Å²) in [6.07, 6.45) is 3.09. The lowest BCUT2D eigenvalue weighted by molar-refractivity contribution is 0.0406. The van der Waals surface area contributed by atoms with Crippen LogP contribution in [0.4, 0.5) is 9.59 Å². The van der Waals surface area contributed by atoms with Gasteiger partial charge in [0.15, 0.2) is 0 Å². The summed E-state index contributed by atoms with van der Waals surface area (Å²) in [4.78, 5) is 21.6. The lowest BCUT2D eigenvalue weighted by Crippen LogP contribution is -2.20. The molecule has 8 heteroatoms. The number of hydrogen-bond donors (Lipinski definition) is 2. The predicted octanol–water partition coefficient (Wildman–Crippen LogP) is 0.797. The van der Waals surface area contributed by atoms with Crippen LogP contribution in [0.15, 0.2) is 0 Å². The summed E-state index contributed by atoms with van der Waals surface area (Å²) in [6.45, 7) is 3.33. The molecule has 2 fully saturated rings. The Labute approximate surface area is 129 Å². The molecule has 22 heavy (non-hydrogen) atoms. The summed E-state index contributed by atoms with van der Waals surface area (Å²) in [5.41, 5.74) is 0. The molecule has 0 aliphatic carbocycles. The van der Waals surface area contributed by atoms with E-state index in [9.17, 15) is 9.59 Å². The molecule has 2 amide bonds. The number of carbonyl (C=O) groups excluding carboxylic acids is 2. The summed E-state index contributed by atoms with van der Waals surface area (Å²) in [7, 11) is 0. The minimum atomic E-state index is -0.364. The lowest BCUT2D eigenvalue weighted by Gasteiger charge is -2.09. The van der Waals surface area contributed by atoms with Gasteiger partial charge in [0.05, 0.1) is 26.3 Å². The van der Waals surface area contributed by atoms with Gasteiger partial charge < -0.3 is 29.6 Å². The van der Waals surface area contributed by atoms with Crippen molar-refractivity contribution in [1.82, 2.24) is 10.6 Å². The molecule has 2 atom stereocenters. The number of ether oxygens (including phenoxy) is 4. The van der Waals surface area contributed by atoms with Crippen LogP contribution in [0.25, 0.3) is 0 Å². The van der Waals surface area contributed by atoms with Gasteiger partial charge in [-0.05, 0) is 12.8 Å². The average Bonchev–Trinajstić information content (AvgIpc) is 3.09. The van der Waals surface area contributed by atoms with E-state index in [2.05, 4.69) is 10.6 Å². The van der Waals surface area contributed by atoms with E-state index in [1.54, 1.807) is 0 Å². The van der Waals surface area contributed by atoms with Crippen molar-refractivity contribution < 1.29 is 28.5 Å². The molecule has 2 aliphatic rings. The topological polar surface area (TPSA) is 95.1 Å². The van der Waals surface area contributed by atoms with E-state index in [4.69, 9.17) is 18.9 Å². The Hall–Kier alpha value is -1.54. The van der Waals surface area contributed by atoms with Gasteiger partial charge >= 0.3 is 12.2 Å². The molecule has 2 aliphatic heterocycles. The Bertz CT molecular complexity index is 331. The highest BCUT2D eigenvalue weighted by molar-refractivity contribution is 5.69. The SMILES string of the molecule is O=C1NCC(COCCCCCCOCC2CNC(=O)O2)O1. The van der Waals surface area contributed by atoms with Gasteiger partial charge in [0.25, 0.3) is 0 Å². The molecule has 0 aromatic rings. The van der Waals surface area contributed by atoms with E-state index >= 15 is 0 Å². The first-order valence-electron chi connectivity index (χ1n) is 7.78. The van der Waals surface area contributed by atoms with Crippen LogP contribution in [-0.4, -0.2) is 63.9 Å². The van der Waals surface area contributed by atoms with Gasteiger partial charge in [-0.2, -0.15) is 0 Å². The van der Waals surface area contributed by atoms with Crippen LogP contribution in [-0.2, 0) is 18.9 Å². The van der Waals surface area contributed by atoms with Gasteiger partial charge in [-0.1, -0.05) is 12.8 Å². The predicted molar refractivity (Wildman–Crippen MR) is 76.6 cm³/mol. The van der Waals surface area contributed by atoms with Gasteiger partial charge in [0, 0.05) is 13.2 Å². The summed E-state index contributed by atoms with van der Waals surface area (Å²) in [6, 6.07) is 0. The monoisotopic (exact) mass is 316 g/mol. The summed E-state index contributed by atoms with van der Waals surface area (Å²) >= 11 is 0. The molecule has 0 radical (unpaired) electrons. The molecular formula is C14H24N2O6. The van der Waals surface area contributed by atoms with E-state index in [0.717, 1.165) is 25.7 Å². The molecule has 2 rings (SSSR count). The molecule has 2 saturated heterocycles. The number of carbonyl (C=O) groups is 2. The Morgan fingerprint density at radius 2 is 1.27 bits per heavy atom. The molecule has 0 aromatic heterocycles. The van der Waals surface area contributed by atoms with Crippen molar-refractivity contribution in [2.75, 3.05) is 39.5 Å². The second-order valence-corrected chi connectivity index (χ2v) is 5.38. The highest BCUT2D eigenvalue weighted by atomic mass is 16.6. The number of alkyl carbamates (subject to hydrolysis) is 2. The van der Waals surface area contributed by atoms with Crippen molar-refractivity contribution in [2.45, 2.75) is 37.9 Å². The maximum absolute atomic E-state index is 10.8. The highest BCUT2D eigenvalue weighted by Gasteiger charge is 2.22. The number of cyclic esters (lactones) is 2. The number of hydrogen-bond acceptors (Lipinski definition) is 6. The molecule has 0 spiro atoms. The molecule has 0 aromatic carbocycles. The van der Waals surface area contributed by atoms with Crippen molar-refractivity contribution >= 4 is 12.2 Å². The van der Waals surface area contributed by atoms with Crippen LogP contribution in [0.1, 0.15) is 25.7 Å².